The highest BCUT2D eigenvalue weighted by Gasteiger charge is 2.36. The molecule has 0 radical (unpaired) electrons. The molecule has 8 heteroatoms. The fourth-order valence-electron chi connectivity index (χ4n) is 2.10. The monoisotopic (exact) mass is 336 g/mol. The maximum atomic E-state index is 13.0. The maximum Gasteiger partial charge on any atom is 0.573 e. The van der Waals surface area contributed by atoms with Crippen molar-refractivity contribution in [3.8, 4) is 22.6 Å². The van der Waals surface area contributed by atoms with Crippen molar-refractivity contribution in [2.24, 2.45) is 0 Å². The zero-order chi connectivity index (χ0) is 17.3. The van der Waals surface area contributed by atoms with Crippen molar-refractivity contribution in [1.29, 1.82) is 0 Å². The second-order valence-electron chi connectivity index (χ2n) is 4.43. The van der Waals surface area contributed by atoms with Gasteiger partial charge in [0.2, 0.25) is 0 Å². The third-order valence-electron chi connectivity index (χ3n) is 2.93. The molecule has 0 N–H and O–H groups in total. The van der Waals surface area contributed by atoms with Gasteiger partial charge in [0.15, 0.2) is 0 Å². The smallest absolute Gasteiger partial charge is 0.495 e. The first kappa shape index (κ1) is 17.0. The predicted molar refractivity (Wildman–Crippen MR) is 70.1 cm³/mol. The number of rotatable bonds is 3. The van der Waals surface area contributed by atoms with E-state index in [1.54, 1.807) is 0 Å². The molecule has 2 nitrogen and oxygen atoms in total. The Kier molecular flexibility index (Phi) is 4.44. The molecule has 2 aromatic rings. The normalized spacial score (nSPS) is 12.1. The third kappa shape index (κ3) is 3.88. The summed E-state index contributed by atoms with van der Waals surface area (Å²) in [7, 11) is 1.02. The van der Waals surface area contributed by atoms with Gasteiger partial charge in [0, 0.05) is 11.1 Å². The summed E-state index contributed by atoms with van der Waals surface area (Å²) in [6, 6.07) is 8.01. The summed E-state index contributed by atoms with van der Waals surface area (Å²) in [4.78, 5) is 0. The topological polar surface area (TPSA) is 18.5 Å². The van der Waals surface area contributed by atoms with Gasteiger partial charge < -0.3 is 9.47 Å². The van der Waals surface area contributed by atoms with Crippen LogP contribution in [-0.4, -0.2) is 13.5 Å². The van der Waals surface area contributed by atoms with Crippen molar-refractivity contribution < 1.29 is 35.8 Å². The summed E-state index contributed by atoms with van der Waals surface area (Å²) in [6.07, 6.45) is -9.67. The first-order chi connectivity index (χ1) is 10.6. The van der Waals surface area contributed by atoms with Gasteiger partial charge >= 0.3 is 12.5 Å². The molecular weight excluding hydrogens is 326 g/mol. The second kappa shape index (κ2) is 6.02. The number of halogens is 6. The lowest BCUT2D eigenvalue weighted by Crippen LogP contribution is -2.17. The number of hydrogen-bond acceptors (Lipinski definition) is 2. The molecule has 0 aliphatic rings. The molecule has 0 saturated carbocycles. The minimum absolute atomic E-state index is 0.151. The number of ether oxygens (including phenoxy) is 2. The van der Waals surface area contributed by atoms with Gasteiger partial charge in [-0.2, -0.15) is 13.2 Å². The van der Waals surface area contributed by atoms with Gasteiger partial charge in [0.05, 0.1) is 12.7 Å². The molecule has 0 bridgehead atoms. The highest BCUT2D eigenvalue weighted by atomic mass is 19.4. The zero-order valence-electron chi connectivity index (χ0n) is 11.6. The average Bonchev–Trinajstić information content (AvgIpc) is 2.44. The van der Waals surface area contributed by atoms with E-state index >= 15 is 0 Å². The van der Waals surface area contributed by atoms with Gasteiger partial charge in [-0.25, -0.2) is 0 Å². The van der Waals surface area contributed by atoms with E-state index in [-0.39, 0.29) is 11.1 Å². The van der Waals surface area contributed by atoms with E-state index in [1.165, 1.54) is 24.3 Å². The molecule has 0 atom stereocenters. The quantitative estimate of drug-likeness (QED) is 0.710. The van der Waals surface area contributed by atoms with Crippen LogP contribution in [0.2, 0.25) is 0 Å². The van der Waals surface area contributed by atoms with Crippen LogP contribution in [-0.2, 0) is 6.18 Å². The Morgan fingerprint density at radius 3 is 1.96 bits per heavy atom. The van der Waals surface area contributed by atoms with Crippen LogP contribution in [0.3, 0.4) is 0 Å². The largest absolute Gasteiger partial charge is 0.573 e. The Labute approximate surface area is 127 Å². The van der Waals surface area contributed by atoms with E-state index < -0.39 is 29.6 Å². The molecule has 0 heterocycles. The number of hydrogen-bond donors (Lipinski definition) is 0. The lowest BCUT2D eigenvalue weighted by atomic mass is 10.00. The molecule has 0 unspecified atom stereocenters. The number of alkyl halides is 6. The van der Waals surface area contributed by atoms with Gasteiger partial charge in [-0.05, 0) is 12.1 Å². The molecule has 2 rings (SSSR count). The van der Waals surface area contributed by atoms with E-state index in [4.69, 9.17) is 4.74 Å². The van der Waals surface area contributed by atoms with Gasteiger partial charge in [0.25, 0.3) is 0 Å². The molecule has 0 spiro atoms. The summed E-state index contributed by atoms with van der Waals surface area (Å²) in [5, 5.41) is 0. The minimum atomic E-state index is -4.97. The van der Waals surface area contributed by atoms with Gasteiger partial charge in [-0.3, -0.25) is 0 Å². The van der Waals surface area contributed by atoms with Crippen molar-refractivity contribution >= 4 is 0 Å². The molecule has 0 aliphatic heterocycles. The van der Waals surface area contributed by atoms with E-state index in [2.05, 4.69) is 4.74 Å². The molecule has 0 aliphatic carbocycles. The Morgan fingerprint density at radius 2 is 1.39 bits per heavy atom. The second-order valence-corrected chi connectivity index (χ2v) is 4.43. The highest BCUT2D eigenvalue weighted by Crippen LogP contribution is 2.44. The Balaban J connectivity index is 2.64. The summed E-state index contributed by atoms with van der Waals surface area (Å²) in [6.45, 7) is 0. The molecule has 23 heavy (non-hydrogen) atoms. The molecule has 0 aromatic heterocycles. The first-order valence-electron chi connectivity index (χ1n) is 6.23. The number of benzene rings is 2. The molecule has 124 valence electrons. The fraction of sp³-hybridized carbons (Fsp3) is 0.200. The summed E-state index contributed by atoms with van der Waals surface area (Å²) >= 11 is 0. The fourth-order valence-corrected chi connectivity index (χ4v) is 2.10. The van der Waals surface area contributed by atoms with Crippen molar-refractivity contribution in [1.82, 2.24) is 0 Å². The molecule has 2 aromatic carbocycles. The van der Waals surface area contributed by atoms with Crippen molar-refractivity contribution in [2.45, 2.75) is 12.5 Å². The van der Waals surface area contributed by atoms with Crippen LogP contribution < -0.4 is 9.47 Å². The summed E-state index contributed by atoms with van der Waals surface area (Å²) < 4.78 is 85.1. The molecular formula is C15H10F6O2. The van der Waals surface area contributed by atoms with E-state index in [0.29, 0.717) is 0 Å². The zero-order valence-corrected chi connectivity index (χ0v) is 11.6. The lowest BCUT2D eigenvalue weighted by molar-refractivity contribution is -0.274. The van der Waals surface area contributed by atoms with Crippen molar-refractivity contribution in [3.63, 3.8) is 0 Å². The van der Waals surface area contributed by atoms with Crippen LogP contribution in [0, 0.1) is 0 Å². The lowest BCUT2D eigenvalue weighted by Gasteiger charge is -2.18. The number of methoxy groups -OCH3 is 1. The molecule has 0 saturated heterocycles. The van der Waals surface area contributed by atoms with Crippen LogP contribution in [0.5, 0.6) is 11.5 Å². The molecule has 0 fully saturated rings. The third-order valence-corrected chi connectivity index (χ3v) is 2.93. The van der Waals surface area contributed by atoms with Gasteiger partial charge in [0.1, 0.15) is 11.5 Å². The highest BCUT2D eigenvalue weighted by molar-refractivity contribution is 5.77. The van der Waals surface area contributed by atoms with Crippen LogP contribution in [0.4, 0.5) is 26.3 Å². The van der Waals surface area contributed by atoms with Gasteiger partial charge in [-0.15, -0.1) is 13.2 Å². The Hall–Kier alpha value is -2.38. The van der Waals surface area contributed by atoms with Crippen LogP contribution >= 0.6 is 0 Å². The summed E-state index contributed by atoms with van der Waals surface area (Å²) in [5.41, 5.74) is -1.39. The van der Waals surface area contributed by atoms with Gasteiger partial charge in [-0.1, -0.05) is 30.3 Å². The van der Waals surface area contributed by atoms with E-state index in [0.717, 1.165) is 25.3 Å². The predicted octanol–water partition coefficient (Wildman–Crippen LogP) is 5.28. The van der Waals surface area contributed by atoms with Crippen molar-refractivity contribution in [2.75, 3.05) is 7.11 Å². The standard InChI is InChI=1S/C15H10F6O2/c1-22-13-10(6-4-7-11(13)14(16,17)18)9-5-2-3-8-12(9)23-15(19,20)21/h2-8H,1H3. The van der Waals surface area contributed by atoms with Crippen LogP contribution in [0.25, 0.3) is 11.1 Å². The van der Waals surface area contributed by atoms with Crippen LogP contribution in [0.15, 0.2) is 42.5 Å². The first-order valence-corrected chi connectivity index (χ1v) is 6.23. The minimum Gasteiger partial charge on any atom is -0.495 e. The SMILES string of the molecule is COc1c(-c2ccccc2OC(F)(F)F)cccc1C(F)(F)F. The van der Waals surface area contributed by atoms with Crippen molar-refractivity contribution in [3.05, 3.63) is 48.0 Å². The maximum absolute atomic E-state index is 13.0. The Bertz CT molecular complexity index is 691. The van der Waals surface area contributed by atoms with E-state index in [1.807, 2.05) is 0 Å². The summed E-state index contributed by atoms with van der Waals surface area (Å²) in [5.74, 6) is -1.18. The van der Waals surface area contributed by atoms with E-state index in [9.17, 15) is 26.3 Å². The average molecular weight is 336 g/mol. The van der Waals surface area contributed by atoms with Crippen LogP contribution in [0.1, 0.15) is 5.56 Å². The Morgan fingerprint density at radius 1 is 0.783 bits per heavy atom. The number of para-hydroxylation sites is 2. The molecule has 0 amide bonds.